The molecule has 2 aromatic carbocycles. The van der Waals surface area contributed by atoms with Crippen molar-refractivity contribution in [2.45, 2.75) is 32.6 Å². The number of alkyl halides is 1. The Balaban J connectivity index is 2.15. The van der Waals surface area contributed by atoms with Crippen LogP contribution in [0.4, 0.5) is 0 Å². The molecule has 1 heterocycles. The number of fused-ring (bicyclic) bond motifs is 1. The molecule has 0 saturated heterocycles. The molecule has 3 aromatic rings. The minimum Gasteiger partial charge on any atom is -0.295 e. The van der Waals surface area contributed by atoms with Gasteiger partial charge in [-0.1, -0.05) is 31.5 Å². The third kappa shape index (κ3) is 2.68. The number of hydrogen-bond donors (Lipinski definition) is 0. The zero-order valence-electron chi connectivity index (χ0n) is 12.4. The van der Waals surface area contributed by atoms with Gasteiger partial charge in [0.25, 0.3) is 0 Å². The third-order valence-corrected chi connectivity index (χ3v) is 3.97. The van der Waals surface area contributed by atoms with Gasteiger partial charge in [-0.2, -0.15) is 0 Å². The van der Waals surface area contributed by atoms with Crippen LogP contribution in [0.15, 0.2) is 42.5 Å². The Hall–Kier alpha value is -1.80. The summed E-state index contributed by atoms with van der Waals surface area (Å²) in [5.41, 5.74) is 5.84. The van der Waals surface area contributed by atoms with Gasteiger partial charge in [0.05, 0.1) is 16.9 Å². The van der Waals surface area contributed by atoms with Crippen molar-refractivity contribution in [3.63, 3.8) is 0 Å². The molecule has 2 nitrogen and oxygen atoms in total. The van der Waals surface area contributed by atoms with Crippen LogP contribution in [0.1, 0.15) is 30.3 Å². The second-order valence-electron chi connectivity index (χ2n) is 5.41. The third-order valence-electron chi connectivity index (χ3n) is 3.73. The molecule has 0 fully saturated rings. The first-order valence-corrected chi connectivity index (χ1v) is 7.89. The summed E-state index contributed by atoms with van der Waals surface area (Å²) in [6.45, 7) is 4.30. The molecule has 0 N–H and O–H groups in total. The van der Waals surface area contributed by atoms with Gasteiger partial charge in [-0.25, -0.2) is 4.98 Å². The van der Waals surface area contributed by atoms with Gasteiger partial charge in [0, 0.05) is 5.69 Å². The van der Waals surface area contributed by atoms with Crippen LogP contribution in [0.3, 0.4) is 0 Å². The molecule has 3 rings (SSSR count). The highest BCUT2D eigenvalue weighted by Gasteiger charge is 2.11. The lowest BCUT2D eigenvalue weighted by atomic mass is 10.1. The molecule has 0 atom stereocenters. The Morgan fingerprint density at radius 3 is 2.52 bits per heavy atom. The number of aromatic nitrogens is 2. The summed E-state index contributed by atoms with van der Waals surface area (Å²) in [7, 11) is 0. The Morgan fingerprint density at radius 2 is 1.86 bits per heavy atom. The minimum absolute atomic E-state index is 0.407. The van der Waals surface area contributed by atoms with E-state index in [1.54, 1.807) is 0 Å². The van der Waals surface area contributed by atoms with Gasteiger partial charge in [0.1, 0.15) is 5.82 Å². The minimum atomic E-state index is 0.407. The lowest BCUT2D eigenvalue weighted by Crippen LogP contribution is -1.99. The molecule has 108 valence electrons. The van der Waals surface area contributed by atoms with Crippen LogP contribution in [0.2, 0.25) is 0 Å². The predicted octanol–water partition coefficient (Wildman–Crippen LogP) is 5.03. The second kappa shape index (κ2) is 5.90. The van der Waals surface area contributed by atoms with Crippen LogP contribution in [-0.4, -0.2) is 9.55 Å². The maximum atomic E-state index is 6.09. The van der Waals surface area contributed by atoms with E-state index in [2.05, 4.69) is 65.9 Å². The monoisotopic (exact) mass is 298 g/mol. The van der Waals surface area contributed by atoms with Gasteiger partial charge >= 0.3 is 0 Å². The van der Waals surface area contributed by atoms with E-state index in [0.717, 1.165) is 29.0 Å². The van der Waals surface area contributed by atoms with E-state index in [0.29, 0.717) is 5.88 Å². The summed E-state index contributed by atoms with van der Waals surface area (Å²) >= 11 is 6.09. The van der Waals surface area contributed by atoms with Gasteiger partial charge in [-0.15, -0.1) is 11.6 Å². The average molecular weight is 299 g/mol. The smallest absolute Gasteiger partial charge is 0.129 e. The van der Waals surface area contributed by atoms with E-state index in [-0.39, 0.29) is 0 Å². The summed E-state index contributed by atoms with van der Waals surface area (Å²) in [6, 6.07) is 15.0. The van der Waals surface area contributed by atoms with Crippen molar-refractivity contribution in [2.24, 2.45) is 0 Å². The number of halogens is 1. The molecule has 1 aromatic heterocycles. The average Bonchev–Trinajstić information content (AvgIpc) is 2.86. The van der Waals surface area contributed by atoms with E-state index in [4.69, 9.17) is 11.6 Å². The number of benzene rings is 2. The fourth-order valence-corrected chi connectivity index (χ4v) is 2.89. The van der Waals surface area contributed by atoms with Crippen LogP contribution < -0.4 is 0 Å². The van der Waals surface area contributed by atoms with E-state index in [9.17, 15) is 0 Å². The van der Waals surface area contributed by atoms with Crippen molar-refractivity contribution in [3.8, 4) is 5.69 Å². The number of aryl methyl sites for hydroxylation is 2. The molecular formula is C18H19ClN2. The molecule has 3 heteroatoms. The fraction of sp³-hybridized carbons (Fsp3) is 0.278. The van der Waals surface area contributed by atoms with E-state index >= 15 is 0 Å². The Labute approximate surface area is 130 Å². The lowest BCUT2D eigenvalue weighted by Gasteiger charge is -2.09. The zero-order chi connectivity index (χ0) is 14.8. The molecule has 0 aliphatic carbocycles. The Bertz CT molecular complexity index is 757. The normalized spacial score (nSPS) is 11.2. The molecule has 0 aliphatic rings. The first-order chi connectivity index (χ1) is 10.2. The molecule has 0 bridgehead atoms. The summed E-state index contributed by atoms with van der Waals surface area (Å²) in [5.74, 6) is 1.30. The standard InChI is InChI=1S/C18H19ClN2/c1-3-4-14-6-8-15(9-7-14)21-17-11-13(2)5-10-16(17)20-18(21)12-19/h5-11H,3-4,12H2,1-2H3. The fourth-order valence-electron chi connectivity index (χ4n) is 2.71. The van der Waals surface area contributed by atoms with Gasteiger partial charge in [0.2, 0.25) is 0 Å². The first kappa shape index (κ1) is 14.2. The van der Waals surface area contributed by atoms with Crippen LogP contribution in [0.25, 0.3) is 16.7 Å². The summed E-state index contributed by atoms with van der Waals surface area (Å²) in [5, 5.41) is 0. The van der Waals surface area contributed by atoms with Crippen molar-refractivity contribution in [1.82, 2.24) is 9.55 Å². The van der Waals surface area contributed by atoms with E-state index in [1.165, 1.54) is 17.5 Å². The first-order valence-electron chi connectivity index (χ1n) is 7.36. The van der Waals surface area contributed by atoms with Crippen LogP contribution in [0.5, 0.6) is 0 Å². The number of hydrogen-bond acceptors (Lipinski definition) is 1. The molecule has 0 aliphatic heterocycles. The van der Waals surface area contributed by atoms with Gasteiger partial charge < -0.3 is 0 Å². The lowest BCUT2D eigenvalue weighted by molar-refractivity contribution is 0.918. The zero-order valence-corrected chi connectivity index (χ0v) is 13.2. The number of rotatable bonds is 4. The van der Waals surface area contributed by atoms with Gasteiger partial charge in [-0.05, 0) is 48.7 Å². The van der Waals surface area contributed by atoms with E-state index < -0.39 is 0 Å². The van der Waals surface area contributed by atoms with Crippen LogP contribution >= 0.6 is 11.6 Å². The summed E-state index contributed by atoms with van der Waals surface area (Å²) in [6.07, 6.45) is 2.28. The molecule has 0 radical (unpaired) electrons. The van der Waals surface area contributed by atoms with Gasteiger partial charge in [-0.3, -0.25) is 4.57 Å². The van der Waals surface area contributed by atoms with Crippen molar-refractivity contribution in [2.75, 3.05) is 0 Å². The molecule has 0 spiro atoms. The maximum Gasteiger partial charge on any atom is 0.129 e. The summed E-state index contributed by atoms with van der Waals surface area (Å²) in [4.78, 5) is 4.64. The highest BCUT2D eigenvalue weighted by molar-refractivity contribution is 6.17. The van der Waals surface area contributed by atoms with Crippen LogP contribution in [0, 0.1) is 6.92 Å². The second-order valence-corrected chi connectivity index (χ2v) is 5.67. The largest absolute Gasteiger partial charge is 0.295 e. The Kier molecular flexibility index (Phi) is 3.98. The van der Waals surface area contributed by atoms with Crippen molar-refractivity contribution < 1.29 is 0 Å². The predicted molar refractivity (Wildman–Crippen MR) is 89.4 cm³/mol. The molecular weight excluding hydrogens is 280 g/mol. The summed E-state index contributed by atoms with van der Waals surface area (Å²) < 4.78 is 2.16. The Morgan fingerprint density at radius 1 is 1.10 bits per heavy atom. The van der Waals surface area contributed by atoms with Crippen molar-refractivity contribution in [3.05, 3.63) is 59.4 Å². The SMILES string of the molecule is CCCc1ccc(-n2c(CCl)nc3ccc(C)cc32)cc1. The van der Waals surface area contributed by atoms with Gasteiger partial charge in [0.15, 0.2) is 0 Å². The molecule has 0 saturated carbocycles. The molecule has 21 heavy (non-hydrogen) atoms. The highest BCUT2D eigenvalue weighted by Crippen LogP contribution is 2.24. The van der Waals surface area contributed by atoms with Crippen molar-refractivity contribution in [1.29, 1.82) is 0 Å². The molecule has 0 amide bonds. The quantitative estimate of drug-likeness (QED) is 0.618. The van der Waals surface area contributed by atoms with Crippen molar-refractivity contribution >= 4 is 22.6 Å². The highest BCUT2D eigenvalue weighted by atomic mass is 35.5. The number of nitrogens with zero attached hydrogens (tertiary/aromatic N) is 2. The molecule has 0 unspecified atom stereocenters. The van der Waals surface area contributed by atoms with Crippen LogP contribution in [-0.2, 0) is 12.3 Å². The topological polar surface area (TPSA) is 17.8 Å². The van der Waals surface area contributed by atoms with E-state index in [1.807, 2.05) is 0 Å². The maximum absolute atomic E-state index is 6.09. The number of imidazole rings is 1.